The molecule has 0 bridgehead atoms. The molecule has 26 heavy (non-hydrogen) atoms. The summed E-state index contributed by atoms with van der Waals surface area (Å²) in [5.74, 6) is 0. The second kappa shape index (κ2) is 8.08. The Bertz CT molecular complexity index is 777. The van der Waals surface area contributed by atoms with Gasteiger partial charge in [-0.15, -0.1) is 0 Å². The fourth-order valence-electron chi connectivity index (χ4n) is 3.52. The van der Waals surface area contributed by atoms with Crippen LogP contribution in [0.4, 0.5) is 0 Å². The van der Waals surface area contributed by atoms with Crippen LogP contribution in [0.2, 0.25) is 0 Å². The van der Waals surface area contributed by atoms with E-state index in [4.69, 9.17) is 0 Å². The van der Waals surface area contributed by atoms with Gasteiger partial charge < -0.3 is 4.57 Å². The molecule has 0 fully saturated rings. The van der Waals surface area contributed by atoms with E-state index in [0.29, 0.717) is 5.66 Å². The van der Waals surface area contributed by atoms with Gasteiger partial charge in [0.25, 0.3) is 0 Å². The lowest BCUT2D eigenvalue weighted by Crippen LogP contribution is -2.25. The molecule has 0 N–H and O–H groups in total. The fourth-order valence-corrected chi connectivity index (χ4v) is 8.25. The van der Waals surface area contributed by atoms with Crippen LogP contribution < -0.4 is 10.6 Å². The van der Waals surface area contributed by atoms with Crippen LogP contribution in [0.15, 0.2) is 84.5 Å². The Morgan fingerprint density at radius 3 is 1.88 bits per heavy atom. The Balaban J connectivity index is 1.99. The highest BCUT2D eigenvalue weighted by molar-refractivity contribution is 7.73. The van der Waals surface area contributed by atoms with Gasteiger partial charge >= 0.3 is 0 Å². The highest BCUT2D eigenvalue weighted by atomic mass is 31.1. The summed E-state index contributed by atoms with van der Waals surface area (Å²) in [7, 11) is -2.31. The van der Waals surface area contributed by atoms with Crippen LogP contribution in [-0.2, 0) is 4.57 Å². The van der Waals surface area contributed by atoms with Gasteiger partial charge in [0.15, 0.2) is 0 Å². The van der Waals surface area contributed by atoms with Gasteiger partial charge in [0, 0.05) is 10.8 Å². The van der Waals surface area contributed by atoms with Crippen LogP contribution in [0.25, 0.3) is 0 Å². The minimum Gasteiger partial charge on any atom is -0.325 e. The standard InChI is InChI=1S/C23H28OP2/c1-18(21-16-11-17-22(21)26(24)23(2,3)4)25(19-12-7-5-8-13-19)20-14-9-6-10-15-20/h5-18,22,26H,1-4H3/t18?,22-/m1/s1. The van der Waals surface area contributed by atoms with Gasteiger partial charge in [-0.25, -0.2) is 0 Å². The van der Waals surface area contributed by atoms with Crippen molar-refractivity contribution >= 4 is 26.3 Å². The Morgan fingerprint density at radius 1 is 0.923 bits per heavy atom. The molecule has 3 heteroatoms. The number of allylic oxidation sites excluding steroid dienone is 4. The van der Waals surface area contributed by atoms with Crippen molar-refractivity contribution in [1.82, 2.24) is 0 Å². The van der Waals surface area contributed by atoms with Crippen LogP contribution in [-0.4, -0.2) is 16.5 Å². The van der Waals surface area contributed by atoms with Crippen LogP contribution in [0.3, 0.4) is 0 Å². The van der Waals surface area contributed by atoms with Crippen molar-refractivity contribution in [2.24, 2.45) is 0 Å². The van der Waals surface area contributed by atoms with E-state index in [9.17, 15) is 4.57 Å². The van der Waals surface area contributed by atoms with E-state index < -0.39 is 15.7 Å². The molecule has 2 aromatic rings. The molecular formula is C23H28OP2. The molecule has 1 aliphatic carbocycles. The summed E-state index contributed by atoms with van der Waals surface area (Å²) < 4.78 is 13.2. The van der Waals surface area contributed by atoms with Gasteiger partial charge in [-0.05, 0) is 24.1 Å². The monoisotopic (exact) mass is 382 g/mol. The van der Waals surface area contributed by atoms with Crippen molar-refractivity contribution in [3.63, 3.8) is 0 Å². The Morgan fingerprint density at radius 2 is 1.42 bits per heavy atom. The number of hydrogen-bond donors (Lipinski definition) is 0. The molecule has 0 amide bonds. The van der Waals surface area contributed by atoms with Crippen molar-refractivity contribution in [1.29, 1.82) is 0 Å². The van der Waals surface area contributed by atoms with Gasteiger partial charge in [0.2, 0.25) is 0 Å². The van der Waals surface area contributed by atoms with E-state index in [2.05, 4.69) is 107 Å². The number of benzene rings is 2. The zero-order chi connectivity index (χ0) is 18.7. The molecular weight excluding hydrogens is 354 g/mol. The molecule has 3 atom stereocenters. The maximum Gasteiger partial charge on any atom is 0.0916 e. The highest BCUT2D eigenvalue weighted by Gasteiger charge is 2.35. The molecule has 0 spiro atoms. The molecule has 0 heterocycles. The maximum absolute atomic E-state index is 13.2. The van der Waals surface area contributed by atoms with Crippen LogP contribution >= 0.6 is 15.7 Å². The lowest BCUT2D eigenvalue weighted by Gasteiger charge is -2.32. The fraction of sp³-hybridized carbons (Fsp3) is 0.304. The molecule has 0 aliphatic heterocycles. The lowest BCUT2D eigenvalue weighted by atomic mass is 10.2. The van der Waals surface area contributed by atoms with Gasteiger partial charge in [-0.2, -0.15) is 0 Å². The van der Waals surface area contributed by atoms with Crippen molar-refractivity contribution in [3.05, 3.63) is 84.5 Å². The maximum atomic E-state index is 13.2. The normalized spacial score (nSPS) is 19.4. The minimum atomic E-state index is -1.77. The summed E-state index contributed by atoms with van der Waals surface area (Å²) in [5.41, 5.74) is 1.78. The highest BCUT2D eigenvalue weighted by Crippen LogP contribution is 2.53. The summed E-state index contributed by atoms with van der Waals surface area (Å²) in [6.07, 6.45) is 6.47. The van der Waals surface area contributed by atoms with Crippen LogP contribution in [0.1, 0.15) is 27.7 Å². The number of hydrogen-bond acceptors (Lipinski definition) is 1. The molecule has 0 aromatic heterocycles. The minimum absolute atomic E-state index is 0.0902. The molecule has 0 saturated heterocycles. The molecule has 1 nitrogen and oxygen atoms in total. The van der Waals surface area contributed by atoms with Crippen molar-refractivity contribution in [3.8, 4) is 0 Å². The SMILES string of the molecule is CC(C1=CC=C[C@H]1[PH](=O)C(C)(C)C)P(c1ccccc1)c1ccccc1. The molecule has 136 valence electrons. The van der Waals surface area contributed by atoms with E-state index in [1.54, 1.807) is 0 Å². The zero-order valence-electron chi connectivity index (χ0n) is 16.0. The molecule has 2 aromatic carbocycles. The Hall–Kier alpha value is -1.42. The predicted molar refractivity (Wildman–Crippen MR) is 118 cm³/mol. The second-order valence-electron chi connectivity index (χ2n) is 7.86. The van der Waals surface area contributed by atoms with Crippen molar-refractivity contribution in [2.75, 3.05) is 0 Å². The summed E-state index contributed by atoms with van der Waals surface area (Å²) in [5, 5.41) is 2.61. The first-order valence-electron chi connectivity index (χ1n) is 9.21. The third-order valence-corrected chi connectivity index (χ3v) is 10.3. The average molecular weight is 382 g/mol. The van der Waals surface area contributed by atoms with E-state index in [-0.39, 0.29) is 10.8 Å². The molecule has 0 radical (unpaired) electrons. The Labute approximate surface area is 159 Å². The van der Waals surface area contributed by atoms with Gasteiger partial charge in [-0.3, -0.25) is 0 Å². The average Bonchev–Trinajstić information content (AvgIpc) is 3.12. The predicted octanol–water partition coefficient (Wildman–Crippen LogP) is 5.73. The first-order valence-corrected chi connectivity index (χ1v) is 12.1. The third-order valence-electron chi connectivity index (χ3n) is 4.91. The summed E-state index contributed by atoms with van der Waals surface area (Å²) in [6, 6.07) is 21.6. The van der Waals surface area contributed by atoms with E-state index in [1.807, 2.05) is 0 Å². The van der Waals surface area contributed by atoms with Gasteiger partial charge in [-0.1, -0.05) is 107 Å². The Kier molecular flexibility index (Phi) is 6.01. The van der Waals surface area contributed by atoms with Crippen LogP contribution in [0.5, 0.6) is 0 Å². The summed E-state index contributed by atoms with van der Waals surface area (Å²) in [4.78, 5) is 0. The smallest absolute Gasteiger partial charge is 0.0916 e. The van der Waals surface area contributed by atoms with Crippen molar-refractivity contribution < 1.29 is 4.57 Å². The first kappa shape index (κ1) is 19.3. The van der Waals surface area contributed by atoms with Gasteiger partial charge in [0.1, 0.15) is 0 Å². The van der Waals surface area contributed by atoms with E-state index in [0.717, 1.165) is 0 Å². The van der Waals surface area contributed by atoms with E-state index >= 15 is 0 Å². The topological polar surface area (TPSA) is 17.1 Å². The second-order valence-corrected chi connectivity index (χ2v) is 13.3. The molecule has 0 saturated carbocycles. The molecule has 2 unspecified atom stereocenters. The summed E-state index contributed by atoms with van der Waals surface area (Å²) in [6.45, 7) is 8.61. The summed E-state index contributed by atoms with van der Waals surface area (Å²) >= 11 is 0. The third kappa shape index (κ3) is 4.11. The largest absolute Gasteiger partial charge is 0.325 e. The van der Waals surface area contributed by atoms with E-state index in [1.165, 1.54) is 16.2 Å². The quantitative estimate of drug-likeness (QED) is 0.604. The van der Waals surface area contributed by atoms with Gasteiger partial charge in [0.05, 0.1) is 13.5 Å². The lowest BCUT2D eigenvalue weighted by molar-refractivity contribution is 0.562. The van der Waals surface area contributed by atoms with Crippen molar-refractivity contribution in [2.45, 2.75) is 44.2 Å². The molecule has 1 aliphatic rings. The first-order chi connectivity index (χ1) is 12.4. The number of rotatable bonds is 5. The molecule has 3 rings (SSSR count). The zero-order valence-corrected chi connectivity index (χ0v) is 17.9. The van der Waals surface area contributed by atoms with Crippen LogP contribution in [0, 0.1) is 0 Å².